The van der Waals surface area contributed by atoms with Crippen molar-refractivity contribution in [3.05, 3.63) is 34.9 Å². The van der Waals surface area contributed by atoms with E-state index in [1.165, 1.54) is 31.2 Å². The van der Waals surface area contributed by atoms with E-state index in [2.05, 4.69) is 51.3 Å². The molecule has 0 fully saturated rings. The average Bonchev–Trinajstić information content (AvgIpc) is 2.77. The number of nitrogens with one attached hydrogen (secondary N) is 1. The summed E-state index contributed by atoms with van der Waals surface area (Å²) < 4.78 is 0. The first kappa shape index (κ1) is 12.6. The molecule has 2 rings (SSSR count). The first-order valence-corrected chi connectivity index (χ1v) is 6.87. The SMILES string of the molecule is CCC(C)(C)C(NC)c1ccc2c(c1)CCC2. The molecule has 1 aliphatic rings. The van der Waals surface area contributed by atoms with Gasteiger partial charge in [-0.1, -0.05) is 39.0 Å². The molecular formula is C16H25N. The molecule has 0 spiro atoms. The summed E-state index contributed by atoms with van der Waals surface area (Å²) in [6.07, 6.45) is 5.07. The smallest absolute Gasteiger partial charge is 0.0369 e. The van der Waals surface area contributed by atoms with E-state index >= 15 is 0 Å². The van der Waals surface area contributed by atoms with Crippen molar-refractivity contribution in [2.24, 2.45) is 5.41 Å². The van der Waals surface area contributed by atoms with Gasteiger partial charge < -0.3 is 5.32 Å². The fourth-order valence-electron chi connectivity index (χ4n) is 2.98. The predicted molar refractivity (Wildman–Crippen MR) is 74.3 cm³/mol. The highest BCUT2D eigenvalue weighted by Gasteiger charge is 2.28. The van der Waals surface area contributed by atoms with Crippen LogP contribution in [0, 0.1) is 5.41 Å². The van der Waals surface area contributed by atoms with Crippen LogP contribution in [0.4, 0.5) is 0 Å². The molecule has 0 aromatic heterocycles. The third-order valence-electron chi connectivity index (χ3n) is 4.44. The summed E-state index contributed by atoms with van der Waals surface area (Å²) >= 11 is 0. The standard InChI is InChI=1S/C16H25N/c1-5-16(2,3)15(17-4)14-10-9-12-7-6-8-13(12)11-14/h9-11,15,17H,5-8H2,1-4H3. The number of benzene rings is 1. The number of hydrogen-bond donors (Lipinski definition) is 1. The molecule has 17 heavy (non-hydrogen) atoms. The van der Waals surface area contributed by atoms with E-state index in [0.29, 0.717) is 11.5 Å². The van der Waals surface area contributed by atoms with Crippen LogP contribution in [0.3, 0.4) is 0 Å². The van der Waals surface area contributed by atoms with Crippen molar-refractivity contribution in [3.63, 3.8) is 0 Å². The molecule has 1 atom stereocenters. The molecule has 1 nitrogen and oxygen atoms in total. The summed E-state index contributed by atoms with van der Waals surface area (Å²) in [5.41, 5.74) is 4.91. The lowest BCUT2D eigenvalue weighted by Gasteiger charge is -2.34. The topological polar surface area (TPSA) is 12.0 Å². The van der Waals surface area contributed by atoms with E-state index in [-0.39, 0.29) is 0 Å². The lowest BCUT2D eigenvalue weighted by Crippen LogP contribution is -2.31. The summed E-state index contributed by atoms with van der Waals surface area (Å²) in [5, 5.41) is 3.50. The lowest BCUT2D eigenvalue weighted by molar-refractivity contribution is 0.245. The molecular weight excluding hydrogens is 206 g/mol. The fraction of sp³-hybridized carbons (Fsp3) is 0.625. The number of hydrogen-bond acceptors (Lipinski definition) is 1. The Bertz CT molecular complexity index is 393. The quantitative estimate of drug-likeness (QED) is 0.829. The molecule has 94 valence electrons. The summed E-state index contributed by atoms with van der Waals surface area (Å²) in [6.45, 7) is 6.97. The molecule has 1 heteroatoms. The van der Waals surface area contributed by atoms with Crippen molar-refractivity contribution in [1.29, 1.82) is 0 Å². The van der Waals surface area contributed by atoms with Gasteiger partial charge in [0.15, 0.2) is 0 Å². The monoisotopic (exact) mass is 231 g/mol. The Morgan fingerprint density at radius 1 is 1.24 bits per heavy atom. The number of fused-ring (bicyclic) bond motifs is 1. The number of rotatable bonds is 4. The molecule has 1 unspecified atom stereocenters. The molecule has 1 aliphatic carbocycles. The van der Waals surface area contributed by atoms with Gasteiger partial charge in [0.2, 0.25) is 0 Å². The molecule has 0 amide bonds. The van der Waals surface area contributed by atoms with E-state index in [9.17, 15) is 0 Å². The van der Waals surface area contributed by atoms with Crippen molar-refractivity contribution in [3.8, 4) is 0 Å². The maximum Gasteiger partial charge on any atom is 0.0369 e. The van der Waals surface area contributed by atoms with Crippen LogP contribution in [-0.4, -0.2) is 7.05 Å². The molecule has 1 aromatic carbocycles. The van der Waals surface area contributed by atoms with Gasteiger partial charge in [-0.3, -0.25) is 0 Å². The molecule has 1 N–H and O–H groups in total. The van der Waals surface area contributed by atoms with E-state index in [4.69, 9.17) is 0 Å². The van der Waals surface area contributed by atoms with Crippen molar-refractivity contribution in [1.82, 2.24) is 5.32 Å². The highest BCUT2D eigenvalue weighted by Crippen LogP contribution is 2.37. The summed E-state index contributed by atoms with van der Waals surface area (Å²) in [6, 6.07) is 7.55. The Morgan fingerprint density at radius 3 is 2.59 bits per heavy atom. The normalized spacial score (nSPS) is 16.9. The maximum absolute atomic E-state index is 3.50. The Morgan fingerprint density at radius 2 is 1.94 bits per heavy atom. The first-order chi connectivity index (χ1) is 8.08. The second-order valence-corrected chi connectivity index (χ2v) is 5.95. The first-order valence-electron chi connectivity index (χ1n) is 6.87. The van der Waals surface area contributed by atoms with Crippen molar-refractivity contribution >= 4 is 0 Å². The second-order valence-electron chi connectivity index (χ2n) is 5.95. The zero-order valence-corrected chi connectivity index (χ0v) is 11.6. The molecule has 0 heterocycles. The molecule has 0 saturated carbocycles. The van der Waals surface area contributed by atoms with Gasteiger partial charge in [0.1, 0.15) is 0 Å². The zero-order valence-electron chi connectivity index (χ0n) is 11.6. The average molecular weight is 231 g/mol. The minimum atomic E-state index is 0.307. The third-order valence-corrected chi connectivity index (χ3v) is 4.44. The molecule has 0 bridgehead atoms. The van der Waals surface area contributed by atoms with Crippen molar-refractivity contribution in [2.45, 2.75) is 52.5 Å². The van der Waals surface area contributed by atoms with E-state index in [1.54, 1.807) is 11.1 Å². The Kier molecular flexibility index (Phi) is 3.58. The molecule has 0 saturated heterocycles. The minimum Gasteiger partial charge on any atom is -0.313 e. The van der Waals surface area contributed by atoms with Gasteiger partial charge in [-0.05, 0) is 54.8 Å². The van der Waals surface area contributed by atoms with Crippen LogP contribution in [0.1, 0.15) is 56.3 Å². The summed E-state index contributed by atoms with van der Waals surface area (Å²) in [5.74, 6) is 0. The van der Waals surface area contributed by atoms with Crippen LogP contribution in [0.5, 0.6) is 0 Å². The van der Waals surface area contributed by atoms with Gasteiger partial charge in [0.05, 0.1) is 0 Å². The highest BCUT2D eigenvalue weighted by molar-refractivity contribution is 5.37. The van der Waals surface area contributed by atoms with Crippen LogP contribution < -0.4 is 5.32 Å². The molecule has 1 aromatic rings. The fourth-order valence-corrected chi connectivity index (χ4v) is 2.98. The van der Waals surface area contributed by atoms with Gasteiger partial charge in [-0.25, -0.2) is 0 Å². The van der Waals surface area contributed by atoms with Gasteiger partial charge in [-0.2, -0.15) is 0 Å². The van der Waals surface area contributed by atoms with E-state index in [0.717, 1.165) is 0 Å². The highest BCUT2D eigenvalue weighted by atomic mass is 14.9. The maximum atomic E-state index is 3.50. The van der Waals surface area contributed by atoms with Crippen molar-refractivity contribution in [2.75, 3.05) is 7.05 Å². The van der Waals surface area contributed by atoms with Crippen LogP contribution >= 0.6 is 0 Å². The van der Waals surface area contributed by atoms with Crippen LogP contribution in [0.2, 0.25) is 0 Å². The van der Waals surface area contributed by atoms with Gasteiger partial charge in [0.25, 0.3) is 0 Å². The van der Waals surface area contributed by atoms with E-state index < -0.39 is 0 Å². The second kappa shape index (κ2) is 4.81. The van der Waals surface area contributed by atoms with Crippen molar-refractivity contribution < 1.29 is 0 Å². The summed E-state index contributed by atoms with van der Waals surface area (Å²) in [7, 11) is 2.08. The van der Waals surface area contributed by atoms with E-state index in [1.807, 2.05) is 0 Å². The Balaban J connectivity index is 2.32. The molecule has 0 aliphatic heterocycles. The zero-order chi connectivity index (χ0) is 12.5. The van der Waals surface area contributed by atoms with Gasteiger partial charge >= 0.3 is 0 Å². The largest absolute Gasteiger partial charge is 0.313 e. The predicted octanol–water partition coefficient (Wildman–Crippen LogP) is 3.87. The third kappa shape index (κ3) is 2.40. The van der Waals surface area contributed by atoms with Crippen LogP contribution in [-0.2, 0) is 12.8 Å². The lowest BCUT2D eigenvalue weighted by atomic mass is 9.78. The Labute approximate surface area is 106 Å². The minimum absolute atomic E-state index is 0.307. The summed E-state index contributed by atoms with van der Waals surface area (Å²) in [4.78, 5) is 0. The van der Waals surface area contributed by atoms with Gasteiger partial charge in [-0.15, -0.1) is 0 Å². The Hall–Kier alpha value is -0.820. The van der Waals surface area contributed by atoms with Gasteiger partial charge in [0, 0.05) is 6.04 Å². The molecule has 0 radical (unpaired) electrons. The van der Waals surface area contributed by atoms with Crippen LogP contribution in [0.15, 0.2) is 18.2 Å². The number of aryl methyl sites for hydroxylation is 2. The van der Waals surface area contributed by atoms with Crippen LogP contribution in [0.25, 0.3) is 0 Å².